The van der Waals surface area contributed by atoms with Gasteiger partial charge >= 0.3 is 5.97 Å². The fraction of sp³-hybridized carbons (Fsp3) is 0.571. The summed E-state index contributed by atoms with van der Waals surface area (Å²) in [6.07, 6.45) is 0. The Morgan fingerprint density at radius 2 is 1.62 bits per heavy atom. The van der Waals surface area contributed by atoms with E-state index in [1.807, 2.05) is 78.8 Å². The molecule has 204 valence electrons. The van der Waals surface area contributed by atoms with E-state index in [0.29, 0.717) is 5.01 Å². The summed E-state index contributed by atoms with van der Waals surface area (Å²) in [6, 6.07) is 8.12. The molecule has 2 N–H and O–H groups in total. The Balaban J connectivity index is 2.36. The first kappa shape index (κ1) is 30.4. The van der Waals surface area contributed by atoms with Crippen LogP contribution >= 0.6 is 11.3 Å². The molecule has 0 bridgehead atoms. The summed E-state index contributed by atoms with van der Waals surface area (Å²) in [5.74, 6) is -0.968. The van der Waals surface area contributed by atoms with Crippen molar-refractivity contribution >= 4 is 29.1 Å². The average molecular weight is 531 g/mol. The number of rotatable bonds is 10. The van der Waals surface area contributed by atoms with Gasteiger partial charge in [0.15, 0.2) is 5.69 Å². The minimum Gasteiger partial charge on any atom is -0.464 e. The first-order valence-electron chi connectivity index (χ1n) is 12.5. The summed E-state index contributed by atoms with van der Waals surface area (Å²) in [6.45, 7) is 13.8. The van der Waals surface area contributed by atoms with Gasteiger partial charge in [0.05, 0.1) is 19.2 Å². The van der Waals surface area contributed by atoms with Crippen molar-refractivity contribution in [2.45, 2.75) is 72.0 Å². The van der Waals surface area contributed by atoms with Gasteiger partial charge in [-0.2, -0.15) is 0 Å². The lowest BCUT2D eigenvalue weighted by molar-refractivity contribution is -0.141. The van der Waals surface area contributed by atoms with Crippen LogP contribution in [-0.4, -0.2) is 61.0 Å². The lowest BCUT2D eigenvalue weighted by Crippen LogP contribution is -2.61. The molecule has 3 atom stereocenters. The zero-order valence-corrected chi connectivity index (χ0v) is 24.5. The van der Waals surface area contributed by atoms with Crippen LogP contribution in [-0.2, 0) is 19.7 Å². The number of hydrogen-bond acceptors (Lipinski definition) is 7. The molecule has 0 radical (unpaired) electrons. The number of likely N-dealkylation sites (N-methyl/N-ethyl adjacent to an activating group) is 2. The molecule has 0 unspecified atom stereocenters. The van der Waals surface area contributed by atoms with E-state index >= 15 is 0 Å². The Bertz CT molecular complexity index is 1080. The quantitative estimate of drug-likeness (QED) is 0.447. The SMILES string of the molecule is CN[C@H](C(=O)N[C@H](C(=O)N(C)[C@H](c1nc(C(=O)OC)cs1)C(C)C)C(C)(C)C)C(C)(C)c1ccccc1. The predicted octanol–water partition coefficient (Wildman–Crippen LogP) is 4.18. The van der Waals surface area contributed by atoms with Gasteiger partial charge in [-0.05, 0) is 23.9 Å². The molecule has 0 aliphatic carbocycles. The Hall–Kier alpha value is -2.78. The van der Waals surface area contributed by atoms with Crippen molar-refractivity contribution in [3.8, 4) is 0 Å². The fourth-order valence-corrected chi connectivity index (χ4v) is 5.69. The number of nitrogens with zero attached hydrogens (tertiary/aromatic N) is 2. The topological polar surface area (TPSA) is 101 Å². The molecule has 1 aromatic carbocycles. The summed E-state index contributed by atoms with van der Waals surface area (Å²) in [7, 11) is 4.79. The highest BCUT2D eigenvalue weighted by atomic mass is 32.1. The largest absolute Gasteiger partial charge is 0.464 e. The number of carbonyl (C=O) groups excluding carboxylic acids is 3. The van der Waals surface area contributed by atoms with Crippen LogP contribution in [0.5, 0.6) is 0 Å². The molecule has 2 rings (SSSR count). The fourth-order valence-electron chi connectivity index (χ4n) is 4.59. The molecule has 37 heavy (non-hydrogen) atoms. The number of nitrogens with one attached hydrogen (secondary N) is 2. The van der Waals surface area contributed by atoms with Gasteiger partial charge in [-0.3, -0.25) is 9.59 Å². The molecular weight excluding hydrogens is 488 g/mol. The van der Waals surface area contributed by atoms with Crippen LogP contribution in [0, 0.1) is 11.3 Å². The van der Waals surface area contributed by atoms with Crippen molar-refractivity contribution < 1.29 is 19.1 Å². The number of esters is 1. The van der Waals surface area contributed by atoms with Crippen LogP contribution < -0.4 is 10.6 Å². The number of carbonyl (C=O) groups is 3. The highest BCUT2D eigenvalue weighted by Crippen LogP contribution is 2.33. The molecule has 0 aliphatic heterocycles. The molecule has 9 heteroatoms. The van der Waals surface area contributed by atoms with Gasteiger partial charge in [-0.1, -0.05) is 78.8 Å². The van der Waals surface area contributed by atoms with Gasteiger partial charge in [0.25, 0.3) is 0 Å². The van der Waals surface area contributed by atoms with Crippen molar-refractivity contribution in [1.82, 2.24) is 20.5 Å². The average Bonchev–Trinajstić information content (AvgIpc) is 3.31. The summed E-state index contributed by atoms with van der Waals surface area (Å²) in [4.78, 5) is 45.6. The van der Waals surface area contributed by atoms with Gasteiger partial charge in [0, 0.05) is 17.8 Å². The third-order valence-electron chi connectivity index (χ3n) is 6.76. The predicted molar refractivity (Wildman–Crippen MR) is 148 cm³/mol. The van der Waals surface area contributed by atoms with Crippen LogP contribution in [0.3, 0.4) is 0 Å². The second-order valence-corrected chi connectivity index (χ2v) is 12.2. The van der Waals surface area contributed by atoms with Gasteiger partial charge < -0.3 is 20.3 Å². The minimum atomic E-state index is -0.784. The van der Waals surface area contributed by atoms with E-state index in [4.69, 9.17) is 4.74 Å². The maximum absolute atomic E-state index is 13.9. The number of hydrogen-bond donors (Lipinski definition) is 2. The van der Waals surface area contributed by atoms with Crippen molar-refractivity contribution in [2.75, 3.05) is 21.2 Å². The van der Waals surface area contributed by atoms with Gasteiger partial charge in [0.2, 0.25) is 11.8 Å². The second kappa shape index (κ2) is 12.2. The molecule has 1 aromatic heterocycles. The highest BCUT2D eigenvalue weighted by molar-refractivity contribution is 7.09. The van der Waals surface area contributed by atoms with Gasteiger partial charge in [-0.15, -0.1) is 11.3 Å². The van der Waals surface area contributed by atoms with Crippen LogP contribution in [0.15, 0.2) is 35.7 Å². The van der Waals surface area contributed by atoms with E-state index in [9.17, 15) is 14.4 Å². The molecule has 2 aromatic rings. The summed E-state index contributed by atoms with van der Waals surface area (Å²) in [5.41, 5.74) is 0.154. The van der Waals surface area contributed by atoms with Crippen molar-refractivity contribution in [3.63, 3.8) is 0 Å². The van der Waals surface area contributed by atoms with E-state index in [0.717, 1.165) is 5.56 Å². The summed E-state index contributed by atoms with van der Waals surface area (Å²) < 4.78 is 4.79. The maximum atomic E-state index is 13.9. The van der Waals surface area contributed by atoms with Crippen LogP contribution in [0.1, 0.15) is 75.6 Å². The number of amides is 2. The molecule has 0 spiro atoms. The third kappa shape index (κ3) is 6.96. The number of methoxy groups -OCH3 is 1. The van der Waals surface area contributed by atoms with Crippen LogP contribution in [0.4, 0.5) is 0 Å². The number of aromatic nitrogens is 1. The number of benzene rings is 1. The zero-order valence-electron chi connectivity index (χ0n) is 23.7. The lowest BCUT2D eigenvalue weighted by Gasteiger charge is -2.40. The smallest absolute Gasteiger partial charge is 0.357 e. The van der Waals surface area contributed by atoms with Gasteiger partial charge in [0.1, 0.15) is 11.0 Å². The van der Waals surface area contributed by atoms with Crippen LogP contribution in [0.2, 0.25) is 0 Å². The molecule has 2 amide bonds. The number of thiazole rings is 1. The van der Waals surface area contributed by atoms with E-state index in [-0.39, 0.29) is 29.5 Å². The first-order valence-corrected chi connectivity index (χ1v) is 13.4. The lowest BCUT2D eigenvalue weighted by atomic mass is 9.76. The third-order valence-corrected chi connectivity index (χ3v) is 7.67. The molecule has 0 saturated carbocycles. The van der Waals surface area contributed by atoms with E-state index in [1.165, 1.54) is 18.4 Å². The van der Waals surface area contributed by atoms with Crippen molar-refractivity contribution in [1.29, 1.82) is 0 Å². The molecule has 0 aliphatic rings. The van der Waals surface area contributed by atoms with Crippen molar-refractivity contribution in [2.24, 2.45) is 11.3 Å². The van der Waals surface area contributed by atoms with Gasteiger partial charge in [-0.25, -0.2) is 9.78 Å². The summed E-state index contributed by atoms with van der Waals surface area (Å²) in [5, 5.41) is 8.50. The normalized spacial score (nSPS) is 14.6. The standard InChI is InChI=1S/C28H42N4O4S/c1-17(2)20(24-30-19(16-37-24)26(35)36-10)32(9)25(34)22(27(3,4)5)31-23(33)21(29-8)28(6,7)18-14-12-11-13-15-18/h11-17,20-22,29H,1-10H3,(H,31,33)/t20-,21+,22+/m0/s1. The molecule has 0 saturated heterocycles. The maximum Gasteiger partial charge on any atom is 0.357 e. The summed E-state index contributed by atoms with van der Waals surface area (Å²) >= 11 is 1.31. The zero-order chi connectivity index (χ0) is 28.1. The highest BCUT2D eigenvalue weighted by Gasteiger charge is 2.42. The Kier molecular flexibility index (Phi) is 10.0. The first-order chi connectivity index (χ1) is 17.2. The monoisotopic (exact) mass is 530 g/mol. The van der Waals surface area contributed by atoms with Crippen molar-refractivity contribution in [3.05, 3.63) is 52.0 Å². The minimum absolute atomic E-state index is 0.0176. The Labute approximate surface area is 225 Å². The van der Waals surface area contributed by atoms with E-state index in [2.05, 4.69) is 15.6 Å². The van der Waals surface area contributed by atoms with Crippen LogP contribution in [0.25, 0.3) is 0 Å². The second-order valence-electron chi connectivity index (χ2n) is 11.3. The Morgan fingerprint density at radius 1 is 1.03 bits per heavy atom. The molecular formula is C28H42N4O4S. The van der Waals surface area contributed by atoms with E-state index in [1.54, 1.807) is 24.4 Å². The number of ether oxygens (including phenoxy) is 1. The Morgan fingerprint density at radius 3 is 2.11 bits per heavy atom. The van der Waals surface area contributed by atoms with E-state index < -0.39 is 28.9 Å². The molecule has 8 nitrogen and oxygen atoms in total. The molecule has 1 heterocycles. The molecule has 0 fully saturated rings.